The highest BCUT2D eigenvalue weighted by Crippen LogP contribution is 2.28. The van der Waals surface area contributed by atoms with E-state index < -0.39 is 35.7 Å². The lowest BCUT2D eigenvalue weighted by atomic mass is 9.92. The van der Waals surface area contributed by atoms with Gasteiger partial charge in [0.15, 0.2) is 0 Å². The fourth-order valence-corrected chi connectivity index (χ4v) is 3.64. The van der Waals surface area contributed by atoms with Crippen LogP contribution >= 0.6 is 0 Å². The molecule has 8 heteroatoms. The van der Waals surface area contributed by atoms with Gasteiger partial charge >= 0.3 is 6.03 Å². The Bertz CT molecular complexity index is 1180. The first-order valence-corrected chi connectivity index (χ1v) is 10.2. The summed E-state index contributed by atoms with van der Waals surface area (Å²) >= 11 is 0. The number of halogens is 1. The second-order valence-corrected chi connectivity index (χ2v) is 7.66. The van der Waals surface area contributed by atoms with Crippen LogP contribution in [0.3, 0.4) is 0 Å². The van der Waals surface area contributed by atoms with Gasteiger partial charge in [-0.3, -0.25) is 14.5 Å². The van der Waals surface area contributed by atoms with Gasteiger partial charge in [0.1, 0.15) is 30.3 Å². The average Bonchev–Trinajstić information content (AvgIpc) is 3.01. The van der Waals surface area contributed by atoms with Crippen molar-refractivity contribution < 1.29 is 23.5 Å². The zero-order chi connectivity index (χ0) is 22.7. The Labute approximate surface area is 184 Å². The third-order valence-corrected chi connectivity index (χ3v) is 5.41. The molecular formula is C24H22FN3O4. The molecule has 1 saturated heterocycles. The number of ether oxygens (including phenoxy) is 1. The van der Waals surface area contributed by atoms with Crippen LogP contribution in [0.5, 0.6) is 5.75 Å². The first-order chi connectivity index (χ1) is 15.4. The number of imide groups is 1. The Kier molecular flexibility index (Phi) is 5.77. The van der Waals surface area contributed by atoms with E-state index in [2.05, 4.69) is 10.6 Å². The second-order valence-electron chi connectivity index (χ2n) is 7.66. The fraction of sp³-hybridized carbons (Fsp3) is 0.208. The Morgan fingerprint density at radius 2 is 1.78 bits per heavy atom. The lowest BCUT2D eigenvalue weighted by molar-refractivity contribution is -0.134. The van der Waals surface area contributed by atoms with Gasteiger partial charge in [-0.2, -0.15) is 0 Å². The Morgan fingerprint density at radius 1 is 1.06 bits per heavy atom. The van der Waals surface area contributed by atoms with E-state index in [9.17, 15) is 18.8 Å². The van der Waals surface area contributed by atoms with Crippen molar-refractivity contribution in [1.82, 2.24) is 15.5 Å². The molecule has 3 aromatic carbocycles. The molecule has 0 saturated carbocycles. The number of fused-ring (bicyclic) bond motifs is 1. The molecule has 7 nitrogen and oxygen atoms in total. The van der Waals surface area contributed by atoms with Crippen LogP contribution in [-0.4, -0.2) is 42.4 Å². The Hall–Kier alpha value is -3.94. The molecule has 1 aliphatic heterocycles. The summed E-state index contributed by atoms with van der Waals surface area (Å²) in [4.78, 5) is 38.3. The average molecular weight is 435 g/mol. The number of carbonyl (C=O) groups excluding carboxylic acids is 3. The number of urea groups is 1. The number of carbonyl (C=O) groups is 3. The number of hydrogen-bond donors (Lipinski definition) is 2. The van der Waals surface area contributed by atoms with Crippen molar-refractivity contribution in [3.8, 4) is 5.75 Å². The maximum absolute atomic E-state index is 13.2. The largest absolute Gasteiger partial charge is 0.492 e. The highest BCUT2D eigenvalue weighted by molar-refractivity contribution is 6.09. The van der Waals surface area contributed by atoms with Crippen LogP contribution in [0.1, 0.15) is 12.5 Å². The summed E-state index contributed by atoms with van der Waals surface area (Å²) in [5.74, 6) is -0.825. The summed E-state index contributed by atoms with van der Waals surface area (Å²) in [6.45, 7) is 1.55. The van der Waals surface area contributed by atoms with Crippen molar-refractivity contribution in [1.29, 1.82) is 0 Å². The summed E-state index contributed by atoms with van der Waals surface area (Å²) in [5.41, 5.74) is -0.923. The molecule has 4 rings (SSSR count). The molecule has 4 amide bonds. The van der Waals surface area contributed by atoms with Gasteiger partial charge in [0, 0.05) is 0 Å². The van der Waals surface area contributed by atoms with Crippen LogP contribution < -0.4 is 15.4 Å². The Balaban J connectivity index is 1.29. The van der Waals surface area contributed by atoms with Crippen LogP contribution in [0.25, 0.3) is 10.8 Å². The zero-order valence-electron chi connectivity index (χ0n) is 17.4. The molecule has 1 unspecified atom stereocenters. The summed E-state index contributed by atoms with van der Waals surface area (Å²) in [7, 11) is 0. The number of nitrogens with one attached hydrogen (secondary N) is 2. The van der Waals surface area contributed by atoms with Gasteiger partial charge in [0.25, 0.3) is 5.91 Å². The van der Waals surface area contributed by atoms with Gasteiger partial charge in [0.2, 0.25) is 5.91 Å². The van der Waals surface area contributed by atoms with E-state index in [-0.39, 0.29) is 13.2 Å². The van der Waals surface area contributed by atoms with Gasteiger partial charge in [-0.05, 0) is 47.5 Å². The van der Waals surface area contributed by atoms with Crippen molar-refractivity contribution in [3.63, 3.8) is 0 Å². The topological polar surface area (TPSA) is 87.7 Å². The van der Waals surface area contributed by atoms with Gasteiger partial charge in [-0.25, -0.2) is 9.18 Å². The van der Waals surface area contributed by atoms with Crippen molar-refractivity contribution in [3.05, 3.63) is 78.1 Å². The first-order valence-electron chi connectivity index (χ1n) is 10.2. The minimum absolute atomic E-state index is 0.213. The van der Waals surface area contributed by atoms with Crippen molar-refractivity contribution >= 4 is 28.6 Å². The van der Waals surface area contributed by atoms with Crippen molar-refractivity contribution in [2.45, 2.75) is 12.5 Å². The molecule has 1 aliphatic rings. The molecule has 0 aromatic heterocycles. The van der Waals surface area contributed by atoms with E-state index in [1.165, 1.54) is 31.2 Å². The minimum Gasteiger partial charge on any atom is -0.492 e. The van der Waals surface area contributed by atoms with E-state index in [1.54, 1.807) is 0 Å². The molecule has 1 fully saturated rings. The van der Waals surface area contributed by atoms with Gasteiger partial charge < -0.3 is 15.4 Å². The third kappa shape index (κ3) is 4.25. The highest BCUT2D eigenvalue weighted by atomic mass is 19.1. The number of amides is 4. The van der Waals surface area contributed by atoms with Crippen LogP contribution in [0.15, 0.2) is 66.7 Å². The minimum atomic E-state index is -1.36. The smallest absolute Gasteiger partial charge is 0.325 e. The summed E-state index contributed by atoms with van der Waals surface area (Å²) in [5, 5.41) is 7.39. The number of hydrogen-bond acceptors (Lipinski definition) is 4. The molecule has 0 bridgehead atoms. The monoisotopic (exact) mass is 435 g/mol. The molecule has 1 heterocycles. The zero-order valence-corrected chi connectivity index (χ0v) is 17.4. The van der Waals surface area contributed by atoms with E-state index >= 15 is 0 Å². The van der Waals surface area contributed by atoms with Gasteiger partial charge in [-0.1, -0.05) is 42.5 Å². The normalized spacial score (nSPS) is 18.0. The molecule has 2 N–H and O–H groups in total. The number of rotatable bonds is 7. The Morgan fingerprint density at radius 3 is 2.53 bits per heavy atom. The quantitative estimate of drug-likeness (QED) is 0.441. The van der Waals surface area contributed by atoms with E-state index in [0.29, 0.717) is 11.3 Å². The SMILES string of the molecule is CC1(c2ccc(F)cc2)NC(=O)N(CC(=O)NCCOc2ccc3ccccc3c2)C1=O. The molecule has 0 radical (unpaired) electrons. The number of nitrogens with zero attached hydrogens (tertiary/aromatic N) is 1. The molecule has 164 valence electrons. The molecule has 32 heavy (non-hydrogen) atoms. The predicted octanol–water partition coefficient (Wildman–Crippen LogP) is 2.94. The number of benzene rings is 3. The molecule has 3 aromatic rings. The van der Waals surface area contributed by atoms with E-state index in [4.69, 9.17) is 4.74 Å². The standard InChI is InChI=1S/C24H22FN3O4/c1-24(18-7-9-19(25)10-8-18)22(30)28(23(31)27-24)15-21(29)26-12-13-32-20-11-6-16-4-2-3-5-17(16)14-20/h2-11,14H,12-13,15H2,1H3,(H,26,29)(H,27,31). The summed E-state index contributed by atoms with van der Waals surface area (Å²) in [6.07, 6.45) is 0. The predicted molar refractivity (Wildman–Crippen MR) is 116 cm³/mol. The van der Waals surface area contributed by atoms with E-state index in [0.717, 1.165) is 15.7 Å². The van der Waals surface area contributed by atoms with E-state index in [1.807, 2.05) is 42.5 Å². The van der Waals surface area contributed by atoms with Crippen LogP contribution in [-0.2, 0) is 15.1 Å². The molecule has 1 atom stereocenters. The van der Waals surface area contributed by atoms with Gasteiger partial charge in [-0.15, -0.1) is 0 Å². The maximum atomic E-state index is 13.2. The van der Waals surface area contributed by atoms with Crippen LogP contribution in [0.4, 0.5) is 9.18 Å². The lowest BCUT2D eigenvalue weighted by Gasteiger charge is -2.22. The lowest BCUT2D eigenvalue weighted by Crippen LogP contribution is -2.43. The van der Waals surface area contributed by atoms with Crippen LogP contribution in [0, 0.1) is 5.82 Å². The first kappa shape index (κ1) is 21.3. The summed E-state index contributed by atoms with van der Waals surface area (Å²) in [6, 6.07) is 18.3. The second kappa shape index (κ2) is 8.66. The third-order valence-electron chi connectivity index (χ3n) is 5.41. The summed E-state index contributed by atoms with van der Waals surface area (Å²) < 4.78 is 18.9. The molecule has 0 spiro atoms. The van der Waals surface area contributed by atoms with Crippen molar-refractivity contribution in [2.75, 3.05) is 19.7 Å². The van der Waals surface area contributed by atoms with Crippen molar-refractivity contribution in [2.24, 2.45) is 0 Å². The van der Waals surface area contributed by atoms with Crippen LogP contribution in [0.2, 0.25) is 0 Å². The molecular weight excluding hydrogens is 413 g/mol. The molecule has 0 aliphatic carbocycles. The fourth-order valence-electron chi connectivity index (χ4n) is 3.64. The maximum Gasteiger partial charge on any atom is 0.325 e. The van der Waals surface area contributed by atoms with Gasteiger partial charge in [0.05, 0.1) is 6.54 Å². The highest BCUT2D eigenvalue weighted by Gasteiger charge is 2.49.